The quantitative estimate of drug-likeness (QED) is 0.205. The summed E-state index contributed by atoms with van der Waals surface area (Å²) in [6.07, 6.45) is 1.54. The lowest BCUT2D eigenvalue weighted by Gasteiger charge is -2.13. The number of fused-ring (bicyclic) bond motifs is 1. The highest BCUT2D eigenvalue weighted by molar-refractivity contribution is 6.42. The smallest absolute Gasteiger partial charge is 0.266 e. The second-order valence-electron chi connectivity index (χ2n) is 7.77. The summed E-state index contributed by atoms with van der Waals surface area (Å²) in [6, 6.07) is 23.9. The Labute approximate surface area is 218 Å². The Morgan fingerprint density at radius 3 is 2.54 bits per heavy atom. The summed E-state index contributed by atoms with van der Waals surface area (Å²) in [5.74, 6) is -0.0181. The van der Waals surface area contributed by atoms with Gasteiger partial charge in [-0.05, 0) is 65.2 Å². The molecule has 0 atom stereocenters. The Balaban J connectivity index is 1.71. The largest absolute Gasteiger partial charge is 0.488 e. The molecule has 4 nitrogen and oxygen atoms in total. The Kier molecular flexibility index (Phi) is 7.63. The Morgan fingerprint density at radius 1 is 0.971 bits per heavy atom. The highest BCUT2D eigenvalue weighted by Crippen LogP contribution is 2.32. The molecule has 0 heterocycles. The van der Waals surface area contributed by atoms with Gasteiger partial charge in [-0.15, -0.1) is 0 Å². The number of benzene rings is 4. The normalized spacial score (nSPS) is 11.2. The third kappa shape index (κ3) is 5.61. The van der Waals surface area contributed by atoms with Gasteiger partial charge in [-0.3, -0.25) is 4.79 Å². The van der Waals surface area contributed by atoms with E-state index in [9.17, 15) is 10.1 Å². The lowest BCUT2D eigenvalue weighted by Crippen LogP contribution is -2.14. The summed E-state index contributed by atoms with van der Waals surface area (Å²) >= 11 is 18.3. The average molecular weight is 522 g/mol. The summed E-state index contributed by atoms with van der Waals surface area (Å²) in [7, 11) is 0. The fourth-order valence-corrected chi connectivity index (χ4v) is 4.06. The molecule has 0 unspecified atom stereocenters. The highest BCUT2D eigenvalue weighted by atomic mass is 35.5. The van der Waals surface area contributed by atoms with Crippen LogP contribution in [0.3, 0.4) is 0 Å². The number of hydrogen-bond acceptors (Lipinski definition) is 3. The molecule has 0 spiro atoms. The molecule has 0 aliphatic heterocycles. The molecular formula is C28H19Cl3N2O2. The molecular weight excluding hydrogens is 503 g/mol. The molecule has 7 heteroatoms. The lowest BCUT2D eigenvalue weighted by molar-refractivity contribution is -0.112. The van der Waals surface area contributed by atoms with Crippen molar-refractivity contribution in [3.63, 3.8) is 0 Å². The van der Waals surface area contributed by atoms with E-state index in [4.69, 9.17) is 39.5 Å². The van der Waals surface area contributed by atoms with Crippen molar-refractivity contribution in [2.45, 2.75) is 13.5 Å². The van der Waals surface area contributed by atoms with E-state index in [1.807, 2.05) is 48.5 Å². The van der Waals surface area contributed by atoms with Crippen LogP contribution in [0.1, 0.15) is 16.7 Å². The van der Waals surface area contributed by atoms with Crippen molar-refractivity contribution in [1.29, 1.82) is 5.26 Å². The summed E-state index contributed by atoms with van der Waals surface area (Å²) in [4.78, 5) is 13.0. The zero-order valence-electron chi connectivity index (χ0n) is 18.6. The molecule has 1 amide bonds. The molecule has 0 fully saturated rings. The average Bonchev–Trinajstić information content (AvgIpc) is 2.86. The van der Waals surface area contributed by atoms with Gasteiger partial charge in [-0.25, -0.2) is 0 Å². The standard InChI is InChI=1S/C28H19Cl3N2O2/c1-17-23(29)7-4-8-26(17)33-28(34)20(15-32)14-22-21-6-3-2-5-19(21)10-12-27(22)35-16-18-9-11-24(30)25(31)13-18/h2-14H,16H2,1H3,(H,33,34)/b20-14+. The van der Waals surface area contributed by atoms with E-state index < -0.39 is 5.91 Å². The minimum atomic E-state index is -0.541. The maximum Gasteiger partial charge on any atom is 0.266 e. The fraction of sp³-hybridized carbons (Fsp3) is 0.0714. The van der Waals surface area contributed by atoms with Crippen LogP contribution < -0.4 is 10.1 Å². The molecule has 0 bridgehead atoms. The molecule has 35 heavy (non-hydrogen) atoms. The lowest BCUT2D eigenvalue weighted by atomic mass is 10.0. The maximum absolute atomic E-state index is 13.0. The van der Waals surface area contributed by atoms with Crippen molar-refractivity contribution in [2.24, 2.45) is 0 Å². The molecule has 174 valence electrons. The van der Waals surface area contributed by atoms with Crippen LogP contribution >= 0.6 is 34.8 Å². The molecule has 0 aromatic heterocycles. The SMILES string of the molecule is Cc1c(Cl)cccc1NC(=O)/C(C#N)=C/c1c(OCc2ccc(Cl)c(Cl)c2)ccc2ccccc12. The van der Waals surface area contributed by atoms with E-state index in [1.165, 1.54) is 0 Å². The van der Waals surface area contributed by atoms with Crippen molar-refractivity contribution in [1.82, 2.24) is 0 Å². The van der Waals surface area contributed by atoms with Crippen LogP contribution in [0.25, 0.3) is 16.8 Å². The van der Waals surface area contributed by atoms with Crippen LogP contribution in [-0.2, 0) is 11.4 Å². The van der Waals surface area contributed by atoms with Crippen molar-refractivity contribution >= 4 is 63.2 Å². The summed E-state index contributed by atoms with van der Waals surface area (Å²) < 4.78 is 6.10. The molecule has 0 radical (unpaired) electrons. The van der Waals surface area contributed by atoms with Gasteiger partial charge in [-0.1, -0.05) is 77.3 Å². The van der Waals surface area contributed by atoms with Crippen molar-refractivity contribution in [3.05, 3.63) is 110 Å². The van der Waals surface area contributed by atoms with Crippen LogP contribution in [0, 0.1) is 18.3 Å². The predicted octanol–water partition coefficient (Wildman–Crippen LogP) is 8.23. The molecule has 4 aromatic carbocycles. The molecule has 4 rings (SSSR count). The number of carbonyl (C=O) groups is 1. The van der Waals surface area contributed by atoms with Crippen LogP contribution in [0.4, 0.5) is 5.69 Å². The van der Waals surface area contributed by atoms with Crippen molar-refractivity contribution in [2.75, 3.05) is 5.32 Å². The van der Waals surface area contributed by atoms with Crippen molar-refractivity contribution < 1.29 is 9.53 Å². The Hall–Kier alpha value is -3.49. The molecule has 1 N–H and O–H groups in total. The monoisotopic (exact) mass is 520 g/mol. The molecule has 0 saturated heterocycles. The third-order valence-electron chi connectivity index (χ3n) is 5.48. The van der Waals surface area contributed by atoms with Gasteiger partial charge in [0.05, 0.1) is 10.0 Å². The predicted molar refractivity (Wildman–Crippen MR) is 143 cm³/mol. The second kappa shape index (κ2) is 10.8. The number of anilines is 1. The molecule has 4 aromatic rings. The molecule has 0 saturated carbocycles. The zero-order chi connectivity index (χ0) is 24.9. The number of hydrogen-bond donors (Lipinski definition) is 1. The van der Waals surface area contributed by atoms with Gasteiger partial charge in [0.25, 0.3) is 5.91 Å². The molecule has 0 aliphatic carbocycles. The fourth-order valence-electron chi connectivity index (χ4n) is 3.57. The first-order valence-electron chi connectivity index (χ1n) is 10.6. The first kappa shape index (κ1) is 24.6. The van der Waals surface area contributed by atoms with Crippen LogP contribution in [0.2, 0.25) is 15.1 Å². The van der Waals surface area contributed by atoms with Gasteiger partial charge in [0.1, 0.15) is 24.0 Å². The van der Waals surface area contributed by atoms with E-state index >= 15 is 0 Å². The number of ether oxygens (including phenoxy) is 1. The van der Waals surface area contributed by atoms with Gasteiger partial charge < -0.3 is 10.1 Å². The van der Waals surface area contributed by atoms with E-state index in [0.717, 1.165) is 21.9 Å². The number of rotatable bonds is 6. The number of nitrogens with one attached hydrogen (secondary N) is 1. The topological polar surface area (TPSA) is 62.1 Å². The Bertz CT molecular complexity index is 1510. The van der Waals surface area contributed by atoms with Crippen LogP contribution in [0.5, 0.6) is 5.75 Å². The maximum atomic E-state index is 13.0. The number of nitriles is 1. The van der Waals surface area contributed by atoms with Crippen LogP contribution in [-0.4, -0.2) is 5.91 Å². The van der Waals surface area contributed by atoms with Gasteiger partial charge in [0.15, 0.2) is 0 Å². The van der Waals surface area contributed by atoms with Crippen LogP contribution in [0.15, 0.2) is 78.4 Å². The summed E-state index contributed by atoms with van der Waals surface area (Å²) in [5.41, 5.74) is 2.64. The van der Waals surface area contributed by atoms with Gasteiger partial charge in [0, 0.05) is 16.3 Å². The summed E-state index contributed by atoms with van der Waals surface area (Å²) in [5, 5.41) is 15.8. The Morgan fingerprint density at radius 2 is 1.77 bits per heavy atom. The van der Waals surface area contributed by atoms with E-state index in [0.29, 0.717) is 32.1 Å². The second-order valence-corrected chi connectivity index (χ2v) is 8.99. The van der Waals surface area contributed by atoms with E-state index in [-0.39, 0.29) is 12.2 Å². The first-order valence-corrected chi connectivity index (χ1v) is 11.8. The number of nitrogens with zero attached hydrogens (tertiary/aromatic N) is 1. The molecule has 0 aliphatic rings. The third-order valence-corrected chi connectivity index (χ3v) is 6.63. The van der Waals surface area contributed by atoms with Crippen molar-refractivity contribution in [3.8, 4) is 11.8 Å². The van der Waals surface area contributed by atoms with E-state index in [1.54, 1.807) is 43.3 Å². The summed E-state index contributed by atoms with van der Waals surface area (Å²) in [6.45, 7) is 2.03. The van der Waals surface area contributed by atoms with Gasteiger partial charge >= 0.3 is 0 Å². The zero-order valence-corrected chi connectivity index (χ0v) is 20.9. The number of halogens is 3. The van der Waals surface area contributed by atoms with Gasteiger partial charge in [0.2, 0.25) is 0 Å². The number of carbonyl (C=O) groups excluding carboxylic acids is 1. The van der Waals surface area contributed by atoms with Gasteiger partial charge in [-0.2, -0.15) is 5.26 Å². The highest BCUT2D eigenvalue weighted by Gasteiger charge is 2.15. The minimum Gasteiger partial charge on any atom is -0.488 e. The number of amides is 1. The minimum absolute atomic E-state index is 0.0693. The van der Waals surface area contributed by atoms with E-state index in [2.05, 4.69) is 5.32 Å². The first-order chi connectivity index (χ1) is 16.9.